The minimum Gasteiger partial charge on any atom is -0.311 e. The Morgan fingerprint density at radius 1 is 0.692 bits per heavy atom. The molecule has 1 atom stereocenters. The highest BCUT2D eigenvalue weighted by atomic mass is 15.1. The molecular weight excluding hydrogens is 158 g/mol. The molecule has 1 unspecified atom stereocenters. The van der Waals surface area contributed by atoms with Crippen LogP contribution in [0.25, 0.3) is 0 Å². The summed E-state index contributed by atoms with van der Waals surface area (Å²) in [4.78, 5) is 0. The maximum atomic E-state index is 3.78. The van der Waals surface area contributed by atoms with Gasteiger partial charge in [0.25, 0.3) is 0 Å². The zero-order valence-electron chi connectivity index (χ0n) is 8.57. The van der Waals surface area contributed by atoms with Crippen molar-refractivity contribution < 1.29 is 0 Å². The van der Waals surface area contributed by atoms with E-state index in [4.69, 9.17) is 0 Å². The molecule has 1 N–H and O–H groups in total. The van der Waals surface area contributed by atoms with Crippen LogP contribution in [-0.2, 0) is 0 Å². The van der Waals surface area contributed by atoms with Crippen molar-refractivity contribution in [2.75, 3.05) is 6.54 Å². The number of fused-ring (bicyclic) bond motifs is 1. The highest BCUT2D eigenvalue weighted by Gasteiger charge is 2.56. The van der Waals surface area contributed by atoms with E-state index < -0.39 is 0 Å². The molecule has 1 saturated heterocycles. The third-order valence-corrected chi connectivity index (χ3v) is 5.10. The van der Waals surface area contributed by atoms with Gasteiger partial charge in [-0.15, -0.1) is 0 Å². The molecule has 1 heterocycles. The van der Waals surface area contributed by atoms with Crippen molar-refractivity contribution in [2.45, 2.75) is 63.3 Å². The number of nitrogens with one attached hydrogen (secondary N) is 1. The molecule has 2 spiro atoms. The van der Waals surface area contributed by atoms with Gasteiger partial charge in [-0.25, -0.2) is 0 Å². The van der Waals surface area contributed by atoms with Crippen LogP contribution < -0.4 is 5.32 Å². The molecule has 3 fully saturated rings. The van der Waals surface area contributed by atoms with Gasteiger partial charge in [-0.05, 0) is 44.1 Å². The minimum atomic E-state index is 0.632. The van der Waals surface area contributed by atoms with Crippen LogP contribution in [0.1, 0.15) is 57.8 Å². The van der Waals surface area contributed by atoms with Gasteiger partial charge in [0.15, 0.2) is 0 Å². The van der Waals surface area contributed by atoms with E-state index in [-0.39, 0.29) is 0 Å². The maximum absolute atomic E-state index is 3.78. The van der Waals surface area contributed by atoms with Crippen LogP contribution in [-0.4, -0.2) is 12.1 Å². The third-order valence-electron chi connectivity index (χ3n) is 5.10. The predicted molar refractivity (Wildman–Crippen MR) is 54.7 cm³/mol. The Kier molecular flexibility index (Phi) is 1.74. The lowest BCUT2D eigenvalue weighted by molar-refractivity contribution is 0.0182. The molecule has 1 heteroatoms. The lowest BCUT2D eigenvalue weighted by Crippen LogP contribution is -2.64. The van der Waals surface area contributed by atoms with E-state index in [1.165, 1.54) is 64.3 Å². The molecule has 0 aromatic rings. The first kappa shape index (κ1) is 8.28. The molecule has 1 nitrogen and oxygen atoms in total. The first-order valence-electron chi connectivity index (χ1n) is 6.12. The first-order chi connectivity index (χ1) is 6.37. The van der Waals surface area contributed by atoms with Crippen molar-refractivity contribution in [3.63, 3.8) is 0 Å². The number of rotatable bonds is 0. The van der Waals surface area contributed by atoms with Crippen molar-refractivity contribution in [2.24, 2.45) is 5.41 Å². The van der Waals surface area contributed by atoms with Gasteiger partial charge in [-0.1, -0.05) is 25.7 Å². The van der Waals surface area contributed by atoms with E-state index in [0.29, 0.717) is 5.54 Å². The Hall–Kier alpha value is -0.0400. The van der Waals surface area contributed by atoms with Gasteiger partial charge in [0.05, 0.1) is 0 Å². The van der Waals surface area contributed by atoms with Crippen LogP contribution >= 0.6 is 0 Å². The molecule has 0 amide bonds. The highest BCUT2D eigenvalue weighted by Crippen LogP contribution is 2.58. The highest BCUT2D eigenvalue weighted by molar-refractivity contribution is 5.14. The number of hydrogen-bond acceptors (Lipinski definition) is 1. The molecular formula is C12H21N. The predicted octanol–water partition coefficient (Wildman–Crippen LogP) is 2.85. The van der Waals surface area contributed by atoms with E-state index in [0.717, 1.165) is 5.41 Å². The van der Waals surface area contributed by atoms with Crippen molar-refractivity contribution in [1.29, 1.82) is 0 Å². The molecule has 0 radical (unpaired) electrons. The van der Waals surface area contributed by atoms with E-state index in [1.54, 1.807) is 0 Å². The normalized spacial score (nSPS) is 42.5. The summed E-state index contributed by atoms with van der Waals surface area (Å²) >= 11 is 0. The summed E-state index contributed by atoms with van der Waals surface area (Å²) in [5.41, 5.74) is 1.39. The van der Waals surface area contributed by atoms with Gasteiger partial charge in [-0.2, -0.15) is 0 Å². The quantitative estimate of drug-likeness (QED) is 0.603. The summed E-state index contributed by atoms with van der Waals surface area (Å²) in [6.45, 7) is 1.29. The van der Waals surface area contributed by atoms with E-state index >= 15 is 0 Å². The average Bonchev–Trinajstić information content (AvgIpc) is 2.45. The van der Waals surface area contributed by atoms with Crippen LogP contribution in [0, 0.1) is 5.41 Å². The summed E-state index contributed by atoms with van der Waals surface area (Å²) < 4.78 is 0. The molecule has 2 saturated carbocycles. The molecule has 2 aliphatic carbocycles. The SMILES string of the molecule is C1CCC2(CC1)CCCC21CCN1. The van der Waals surface area contributed by atoms with Crippen molar-refractivity contribution >= 4 is 0 Å². The molecule has 0 aromatic heterocycles. The molecule has 74 valence electrons. The van der Waals surface area contributed by atoms with Gasteiger partial charge >= 0.3 is 0 Å². The Labute approximate surface area is 81.3 Å². The van der Waals surface area contributed by atoms with Crippen molar-refractivity contribution in [1.82, 2.24) is 5.32 Å². The fourth-order valence-corrected chi connectivity index (χ4v) is 4.28. The molecule has 0 bridgehead atoms. The van der Waals surface area contributed by atoms with Crippen LogP contribution in [0.15, 0.2) is 0 Å². The minimum absolute atomic E-state index is 0.632. The summed E-state index contributed by atoms with van der Waals surface area (Å²) in [7, 11) is 0. The Balaban J connectivity index is 1.86. The molecule has 0 aromatic carbocycles. The van der Waals surface area contributed by atoms with Gasteiger partial charge < -0.3 is 5.32 Å². The molecule has 13 heavy (non-hydrogen) atoms. The van der Waals surface area contributed by atoms with Gasteiger partial charge in [0.2, 0.25) is 0 Å². The van der Waals surface area contributed by atoms with Crippen LogP contribution in [0.2, 0.25) is 0 Å². The Bertz CT molecular complexity index is 199. The average molecular weight is 179 g/mol. The lowest BCUT2D eigenvalue weighted by atomic mass is 9.60. The zero-order chi connectivity index (χ0) is 8.78. The summed E-state index contributed by atoms with van der Waals surface area (Å²) in [6.07, 6.45) is 13.5. The number of hydrogen-bond donors (Lipinski definition) is 1. The van der Waals surface area contributed by atoms with Gasteiger partial charge in [0.1, 0.15) is 0 Å². The smallest absolute Gasteiger partial charge is 0.0249 e. The first-order valence-corrected chi connectivity index (χ1v) is 6.12. The van der Waals surface area contributed by atoms with Crippen LogP contribution in [0.3, 0.4) is 0 Å². The lowest BCUT2D eigenvalue weighted by Gasteiger charge is -2.55. The van der Waals surface area contributed by atoms with Crippen molar-refractivity contribution in [3.05, 3.63) is 0 Å². The maximum Gasteiger partial charge on any atom is 0.0249 e. The van der Waals surface area contributed by atoms with Crippen LogP contribution in [0.5, 0.6) is 0 Å². The van der Waals surface area contributed by atoms with E-state index in [9.17, 15) is 0 Å². The van der Waals surface area contributed by atoms with E-state index in [2.05, 4.69) is 5.32 Å². The molecule has 1 aliphatic heterocycles. The second kappa shape index (κ2) is 2.73. The molecule has 3 rings (SSSR count). The fraction of sp³-hybridized carbons (Fsp3) is 1.00. The van der Waals surface area contributed by atoms with Gasteiger partial charge in [0, 0.05) is 5.54 Å². The second-order valence-corrected chi connectivity index (χ2v) is 5.45. The summed E-state index contributed by atoms with van der Waals surface area (Å²) in [6, 6.07) is 0. The standard InChI is InChI=1S/C12H21N/c1-2-5-11(6-3-1)7-4-8-12(11)9-10-13-12/h13H,1-10H2. The molecule has 3 aliphatic rings. The zero-order valence-corrected chi connectivity index (χ0v) is 8.57. The summed E-state index contributed by atoms with van der Waals surface area (Å²) in [5.74, 6) is 0. The van der Waals surface area contributed by atoms with E-state index in [1.807, 2.05) is 0 Å². The third kappa shape index (κ3) is 0.971. The Morgan fingerprint density at radius 2 is 1.38 bits per heavy atom. The monoisotopic (exact) mass is 179 g/mol. The topological polar surface area (TPSA) is 12.0 Å². The van der Waals surface area contributed by atoms with Gasteiger partial charge in [-0.3, -0.25) is 0 Å². The largest absolute Gasteiger partial charge is 0.311 e. The second-order valence-electron chi connectivity index (χ2n) is 5.45. The van der Waals surface area contributed by atoms with Crippen molar-refractivity contribution in [3.8, 4) is 0 Å². The fourth-order valence-electron chi connectivity index (χ4n) is 4.28. The summed E-state index contributed by atoms with van der Waals surface area (Å²) in [5, 5.41) is 3.78. The van der Waals surface area contributed by atoms with Crippen LogP contribution in [0.4, 0.5) is 0 Å². The Morgan fingerprint density at radius 3 is 2.00 bits per heavy atom.